The zero-order chi connectivity index (χ0) is 12.0. The summed E-state index contributed by atoms with van der Waals surface area (Å²) in [5.41, 5.74) is 1.11. The topological polar surface area (TPSA) is 41.1 Å². The van der Waals surface area contributed by atoms with Crippen LogP contribution in [0.2, 0.25) is 0 Å². The molecule has 1 aromatic rings. The Morgan fingerprint density at radius 1 is 1.50 bits per heavy atom. The first-order valence-corrected chi connectivity index (χ1v) is 7.01. The van der Waals surface area contributed by atoms with E-state index in [2.05, 4.69) is 33.5 Å². The molecule has 0 atom stereocenters. The third-order valence-corrected chi connectivity index (χ3v) is 4.28. The van der Waals surface area contributed by atoms with E-state index in [1.807, 2.05) is 13.0 Å². The molecule has 0 saturated carbocycles. The van der Waals surface area contributed by atoms with Gasteiger partial charge < -0.3 is 10.6 Å². The van der Waals surface area contributed by atoms with E-state index in [-0.39, 0.29) is 5.91 Å². The monoisotopic (exact) mass is 304 g/mol. The van der Waals surface area contributed by atoms with E-state index in [4.69, 9.17) is 0 Å². The Kier molecular flexibility index (Phi) is 6.01. The van der Waals surface area contributed by atoms with Gasteiger partial charge >= 0.3 is 0 Å². The van der Waals surface area contributed by atoms with Crippen LogP contribution in [0.4, 0.5) is 0 Å². The molecule has 0 aliphatic rings. The minimum Gasteiger partial charge on any atom is -0.351 e. The van der Waals surface area contributed by atoms with Crippen LogP contribution >= 0.6 is 27.3 Å². The lowest BCUT2D eigenvalue weighted by molar-refractivity contribution is 0.0957. The average molecular weight is 305 g/mol. The van der Waals surface area contributed by atoms with Gasteiger partial charge in [0.25, 0.3) is 5.91 Å². The van der Waals surface area contributed by atoms with Gasteiger partial charge in [-0.25, -0.2) is 0 Å². The molecular weight excluding hydrogens is 288 g/mol. The van der Waals surface area contributed by atoms with Gasteiger partial charge in [0.05, 0.1) is 8.66 Å². The van der Waals surface area contributed by atoms with Gasteiger partial charge in [-0.3, -0.25) is 4.79 Å². The summed E-state index contributed by atoms with van der Waals surface area (Å²) in [6.45, 7) is 6.71. The number of aryl methyl sites for hydroxylation is 1. The van der Waals surface area contributed by atoms with Crippen molar-refractivity contribution in [3.05, 3.63) is 20.3 Å². The number of amides is 1. The van der Waals surface area contributed by atoms with Crippen LogP contribution < -0.4 is 10.6 Å². The first-order chi connectivity index (χ1) is 7.65. The predicted molar refractivity (Wildman–Crippen MR) is 72.2 cm³/mol. The van der Waals surface area contributed by atoms with Crippen LogP contribution in [-0.4, -0.2) is 25.5 Å². The lowest BCUT2D eigenvalue weighted by atomic mass is 10.3. The second-order valence-electron chi connectivity index (χ2n) is 3.53. The van der Waals surface area contributed by atoms with Gasteiger partial charge in [0, 0.05) is 6.54 Å². The fraction of sp³-hybridized carbons (Fsp3) is 0.545. The van der Waals surface area contributed by atoms with Crippen LogP contribution in [0.3, 0.4) is 0 Å². The molecule has 1 heterocycles. The molecule has 1 amide bonds. The molecule has 0 bridgehead atoms. The van der Waals surface area contributed by atoms with Crippen LogP contribution in [0.25, 0.3) is 0 Å². The molecule has 0 radical (unpaired) electrons. The largest absolute Gasteiger partial charge is 0.351 e. The molecule has 1 rings (SSSR count). The SMILES string of the molecule is CCNCCCNC(=O)c1cc(C)c(Br)s1. The molecule has 0 aromatic carbocycles. The second-order valence-corrected chi connectivity index (χ2v) is 5.90. The number of thiophene rings is 1. The average Bonchev–Trinajstić information content (AvgIpc) is 2.59. The minimum absolute atomic E-state index is 0.0234. The van der Waals surface area contributed by atoms with Gasteiger partial charge in [-0.05, 0) is 54.0 Å². The minimum atomic E-state index is 0.0234. The normalized spacial score (nSPS) is 10.4. The van der Waals surface area contributed by atoms with Crippen molar-refractivity contribution in [1.82, 2.24) is 10.6 Å². The van der Waals surface area contributed by atoms with Crippen LogP contribution in [0.5, 0.6) is 0 Å². The van der Waals surface area contributed by atoms with Crippen molar-refractivity contribution in [3.8, 4) is 0 Å². The van der Waals surface area contributed by atoms with Crippen molar-refractivity contribution in [2.75, 3.05) is 19.6 Å². The summed E-state index contributed by atoms with van der Waals surface area (Å²) in [7, 11) is 0. The van der Waals surface area contributed by atoms with Gasteiger partial charge in [-0.1, -0.05) is 6.92 Å². The summed E-state index contributed by atoms with van der Waals surface area (Å²) in [5, 5.41) is 6.13. The van der Waals surface area contributed by atoms with Crippen molar-refractivity contribution >= 4 is 33.2 Å². The fourth-order valence-corrected chi connectivity index (χ4v) is 2.70. The molecule has 5 heteroatoms. The molecular formula is C11H17BrN2OS. The number of rotatable bonds is 6. The number of hydrogen-bond acceptors (Lipinski definition) is 3. The lowest BCUT2D eigenvalue weighted by Crippen LogP contribution is -2.26. The number of nitrogens with one attached hydrogen (secondary N) is 2. The van der Waals surface area contributed by atoms with Crippen LogP contribution in [0.15, 0.2) is 9.85 Å². The fourth-order valence-electron chi connectivity index (χ4n) is 1.25. The van der Waals surface area contributed by atoms with E-state index in [1.54, 1.807) is 0 Å². The van der Waals surface area contributed by atoms with Gasteiger partial charge in [-0.15, -0.1) is 11.3 Å². The third kappa shape index (κ3) is 4.23. The van der Waals surface area contributed by atoms with Gasteiger partial charge in [0.2, 0.25) is 0 Å². The zero-order valence-electron chi connectivity index (χ0n) is 9.60. The summed E-state index contributed by atoms with van der Waals surface area (Å²) in [4.78, 5) is 12.5. The van der Waals surface area contributed by atoms with Crippen molar-refractivity contribution in [1.29, 1.82) is 0 Å². The van der Waals surface area contributed by atoms with E-state index in [0.29, 0.717) is 0 Å². The quantitative estimate of drug-likeness (QED) is 0.793. The summed E-state index contributed by atoms with van der Waals surface area (Å²) in [5.74, 6) is 0.0234. The van der Waals surface area contributed by atoms with Crippen LogP contribution in [-0.2, 0) is 0 Å². The van der Waals surface area contributed by atoms with E-state index in [1.165, 1.54) is 11.3 Å². The zero-order valence-corrected chi connectivity index (χ0v) is 12.0. The Labute approximate surface area is 109 Å². The van der Waals surface area contributed by atoms with Crippen molar-refractivity contribution in [2.24, 2.45) is 0 Å². The summed E-state index contributed by atoms with van der Waals surface area (Å²) >= 11 is 4.90. The molecule has 0 saturated heterocycles. The van der Waals surface area contributed by atoms with Crippen LogP contribution in [0, 0.1) is 6.92 Å². The Morgan fingerprint density at radius 2 is 2.25 bits per heavy atom. The molecule has 0 unspecified atom stereocenters. The number of halogens is 1. The molecule has 16 heavy (non-hydrogen) atoms. The van der Waals surface area contributed by atoms with E-state index < -0.39 is 0 Å². The highest BCUT2D eigenvalue weighted by molar-refractivity contribution is 9.11. The van der Waals surface area contributed by atoms with Gasteiger partial charge in [0.1, 0.15) is 0 Å². The van der Waals surface area contributed by atoms with Crippen molar-refractivity contribution in [2.45, 2.75) is 20.3 Å². The number of carbonyl (C=O) groups excluding carboxylic acids is 1. The molecule has 0 aliphatic heterocycles. The smallest absolute Gasteiger partial charge is 0.261 e. The molecule has 0 spiro atoms. The predicted octanol–water partition coefficient (Wildman–Crippen LogP) is 2.55. The highest BCUT2D eigenvalue weighted by Gasteiger charge is 2.09. The van der Waals surface area contributed by atoms with E-state index in [0.717, 1.165) is 40.3 Å². The highest BCUT2D eigenvalue weighted by Crippen LogP contribution is 2.27. The maximum atomic E-state index is 11.7. The molecule has 3 nitrogen and oxygen atoms in total. The highest BCUT2D eigenvalue weighted by atomic mass is 79.9. The third-order valence-electron chi connectivity index (χ3n) is 2.15. The number of carbonyl (C=O) groups is 1. The summed E-state index contributed by atoms with van der Waals surface area (Å²) in [6, 6.07) is 1.91. The van der Waals surface area contributed by atoms with E-state index in [9.17, 15) is 4.79 Å². The standard InChI is InChI=1S/C11H17BrN2OS/c1-3-13-5-4-6-14-11(15)9-7-8(2)10(12)16-9/h7,13H,3-6H2,1-2H3,(H,14,15). The molecule has 2 N–H and O–H groups in total. The Bertz CT molecular complexity index is 332. The molecule has 90 valence electrons. The Hall–Kier alpha value is -0.390. The second kappa shape index (κ2) is 7.04. The van der Waals surface area contributed by atoms with Crippen molar-refractivity contribution in [3.63, 3.8) is 0 Å². The van der Waals surface area contributed by atoms with Crippen LogP contribution in [0.1, 0.15) is 28.6 Å². The first-order valence-electron chi connectivity index (χ1n) is 5.40. The van der Waals surface area contributed by atoms with Crippen molar-refractivity contribution < 1.29 is 4.79 Å². The maximum Gasteiger partial charge on any atom is 0.261 e. The number of hydrogen-bond donors (Lipinski definition) is 2. The molecule has 0 fully saturated rings. The lowest BCUT2D eigenvalue weighted by Gasteiger charge is -2.03. The van der Waals surface area contributed by atoms with Gasteiger partial charge in [-0.2, -0.15) is 0 Å². The maximum absolute atomic E-state index is 11.7. The summed E-state index contributed by atoms with van der Waals surface area (Å²) in [6.07, 6.45) is 0.963. The molecule has 0 aliphatic carbocycles. The van der Waals surface area contributed by atoms with E-state index >= 15 is 0 Å². The Balaban J connectivity index is 2.30. The first kappa shape index (κ1) is 13.7. The molecule has 1 aromatic heterocycles. The Morgan fingerprint density at radius 3 is 2.81 bits per heavy atom. The summed E-state index contributed by atoms with van der Waals surface area (Å²) < 4.78 is 1.03. The van der Waals surface area contributed by atoms with Gasteiger partial charge in [0.15, 0.2) is 0 Å².